The number of nitrogens with zero attached hydrogens (tertiary/aromatic N) is 6. The molecule has 6 rings (SSSR count). The molecule has 0 aliphatic carbocycles. The summed E-state index contributed by atoms with van der Waals surface area (Å²) in [7, 11) is -4.70. The third-order valence-corrected chi connectivity index (χ3v) is 10.4. The van der Waals surface area contributed by atoms with Gasteiger partial charge in [0.2, 0.25) is 10.0 Å². The van der Waals surface area contributed by atoms with Crippen LogP contribution < -0.4 is 15.6 Å². The van der Waals surface area contributed by atoms with Crippen LogP contribution in [0.2, 0.25) is 25.7 Å². The van der Waals surface area contributed by atoms with Gasteiger partial charge in [-0.3, -0.25) is 14.1 Å². The fourth-order valence-electron chi connectivity index (χ4n) is 5.63. The highest BCUT2D eigenvalue weighted by Gasteiger charge is 2.23. The van der Waals surface area contributed by atoms with E-state index in [2.05, 4.69) is 39.6 Å². The van der Waals surface area contributed by atoms with Gasteiger partial charge in [-0.2, -0.15) is 5.10 Å². The summed E-state index contributed by atoms with van der Waals surface area (Å²) in [6, 6.07) is 19.1. The van der Waals surface area contributed by atoms with Crippen LogP contribution in [-0.2, 0) is 21.5 Å². The van der Waals surface area contributed by atoms with Crippen LogP contribution in [0.1, 0.15) is 24.4 Å². The van der Waals surface area contributed by atoms with E-state index >= 15 is 0 Å². The molecule has 1 atom stereocenters. The number of anilines is 2. The zero-order valence-electron chi connectivity index (χ0n) is 27.9. The topological polar surface area (TPSA) is 137 Å². The summed E-state index contributed by atoms with van der Waals surface area (Å²) in [5.41, 5.74) is 4.72. The van der Waals surface area contributed by atoms with Gasteiger partial charge >= 0.3 is 0 Å². The summed E-state index contributed by atoms with van der Waals surface area (Å²) in [6.07, 6.45) is 6.41. The highest BCUT2D eigenvalue weighted by molar-refractivity contribution is 7.92. The number of para-hydroxylation sites is 1. The van der Waals surface area contributed by atoms with E-state index in [0.717, 1.165) is 34.4 Å². The molecule has 4 aromatic heterocycles. The minimum atomic E-state index is -3.42. The first-order valence-electron chi connectivity index (χ1n) is 15.7. The van der Waals surface area contributed by atoms with E-state index in [4.69, 9.17) is 9.84 Å². The number of hydrogen-bond acceptors (Lipinski definition) is 8. The van der Waals surface area contributed by atoms with Gasteiger partial charge in [0.05, 0.1) is 23.4 Å². The zero-order chi connectivity index (χ0) is 34.2. The third-order valence-electron chi connectivity index (χ3n) is 8.05. The van der Waals surface area contributed by atoms with Gasteiger partial charge in [-0.15, -0.1) is 0 Å². The molecule has 6 aromatic rings. The average Bonchev–Trinajstić information content (AvgIpc) is 3.60. The third kappa shape index (κ3) is 7.05. The Balaban J connectivity index is 1.44. The van der Waals surface area contributed by atoms with Crippen molar-refractivity contribution in [2.24, 2.45) is 0 Å². The Morgan fingerprint density at radius 2 is 1.73 bits per heavy atom. The number of hydrogen-bond donors (Lipinski definition) is 2. The lowest BCUT2D eigenvalue weighted by Gasteiger charge is -2.20. The highest BCUT2D eigenvalue weighted by atomic mass is 32.2. The van der Waals surface area contributed by atoms with Gasteiger partial charge in [-0.25, -0.2) is 22.9 Å². The van der Waals surface area contributed by atoms with Crippen molar-refractivity contribution in [3.63, 3.8) is 0 Å². The average molecular weight is 685 g/mol. The molecular weight excluding hydrogens is 645 g/mol. The maximum absolute atomic E-state index is 13.9. The molecule has 1 unspecified atom stereocenters. The Hall–Kier alpha value is -4.79. The minimum absolute atomic E-state index is 0.166. The minimum Gasteiger partial charge on any atom is -0.361 e. The van der Waals surface area contributed by atoms with Crippen molar-refractivity contribution in [2.75, 3.05) is 22.9 Å². The number of rotatable bonds is 12. The van der Waals surface area contributed by atoms with Gasteiger partial charge < -0.3 is 14.6 Å². The van der Waals surface area contributed by atoms with Crippen molar-refractivity contribution in [3.8, 4) is 16.8 Å². The van der Waals surface area contributed by atoms with Crippen molar-refractivity contribution in [1.29, 1.82) is 0 Å². The van der Waals surface area contributed by atoms with Crippen molar-refractivity contribution in [3.05, 3.63) is 101 Å². The highest BCUT2D eigenvalue weighted by Crippen LogP contribution is 2.36. The van der Waals surface area contributed by atoms with Crippen LogP contribution in [0.25, 0.3) is 33.4 Å². The number of benzene rings is 2. The largest absolute Gasteiger partial charge is 0.361 e. The van der Waals surface area contributed by atoms with E-state index in [0.29, 0.717) is 47.5 Å². The molecule has 0 amide bonds. The molecule has 0 spiro atoms. The first-order valence-corrected chi connectivity index (χ1v) is 21.3. The lowest BCUT2D eigenvalue weighted by molar-refractivity contribution is 0.0899. The van der Waals surface area contributed by atoms with Gasteiger partial charge in [0.25, 0.3) is 5.56 Å². The maximum Gasteiger partial charge on any atom is 0.282 e. The van der Waals surface area contributed by atoms with Crippen LogP contribution in [0.5, 0.6) is 0 Å². The molecule has 4 heterocycles. The van der Waals surface area contributed by atoms with Crippen LogP contribution in [0.3, 0.4) is 0 Å². The van der Waals surface area contributed by atoms with E-state index in [-0.39, 0.29) is 5.56 Å². The molecule has 0 saturated carbocycles. The maximum atomic E-state index is 13.9. The number of sulfonamides is 1. The number of aryl methyl sites for hydroxylation is 1. The lowest BCUT2D eigenvalue weighted by Crippen LogP contribution is -2.29. The van der Waals surface area contributed by atoms with Crippen molar-refractivity contribution in [1.82, 2.24) is 28.7 Å². The van der Waals surface area contributed by atoms with E-state index in [1.54, 1.807) is 27.4 Å². The number of nitrogens with one attached hydrogen (secondary N) is 2. The summed E-state index contributed by atoms with van der Waals surface area (Å²) in [5, 5.41) is 9.19. The number of ether oxygens (including phenoxy) is 1. The molecule has 2 aromatic carbocycles. The smallest absolute Gasteiger partial charge is 0.282 e. The van der Waals surface area contributed by atoms with Gasteiger partial charge in [0, 0.05) is 38.3 Å². The van der Waals surface area contributed by atoms with Crippen molar-refractivity contribution < 1.29 is 13.2 Å². The Morgan fingerprint density at radius 1 is 1.00 bits per heavy atom. The number of aromatic nitrogens is 6. The second kappa shape index (κ2) is 13.0. The second-order valence-electron chi connectivity index (χ2n) is 13.2. The monoisotopic (exact) mass is 684 g/mol. The fraction of sp³-hybridized carbons (Fsp3) is 0.294. The Morgan fingerprint density at radius 3 is 2.42 bits per heavy atom. The molecule has 2 N–H and O–H groups in total. The van der Waals surface area contributed by atoms with Crippen molar-refractivity contribution in [2.45, 2.75) is 52.3 Å². The van der Waals surface area contributed by atoms with Crippen LogP contribution >= 0.6 is 0 Å². The van der Waals surface area contributed by atoms with Crippen LogP contribution in [-0.4, -0.2) is 58.1 Å². The molecule has 48 heavy (non-hydrogen) atoms. The van der Waals surface area contributed by atoms with Crippen LogP contribution in [0, 0.1) is 6.92 Å². The molecular formula is C34H40N8O4SSi. The summed E-state index contributed by atoms with van der Waals surface area (Å²) in [5.74, 6) is 1.06. The van der Waals surface area contributed by atoms with E-state index in [1.165, 1.54) is 6.33 Å². The fourth-order valence-corrected chi connectivity index (χ4v) is 6.95. The molecule has 250 valence electrons. The molecule has 0 fully saturated rings. The summed E-state index contributed by atoms with van der Waals surface area (Å²) >= 11 is 0. The van der Waals surface area contributed by atoms with Gasteiger partial charge in [0.15, 0.2) is 5.82 Å². The quantitative estimate of drug-likeness (QED) is 0.117. The van der Waals surface area contributed by atoms with E-state index < -0.39 is 24.1 Å². The van der Waals surface area contributed by atoms with Crippen molar-refractivity contribution >= 4 is 46.2 Å². The van der Waals surface area contributed by atoms with Crippen LogP contribution in [0.4, 0.5) is 11.5 Å². The molecule has 0 aliphatic rings. The van der Waals surface area contributed by atoms with Gasteiger partial charge in [0.1, 0.15) is 30.0 Å². The molecule has 0 saturated heterocycles. The summed E-state index contributed by atoms with van der Waals surface area (Å²) < 4.78 is 37.5. The Labute approximate surface area is 280 Å². The standard InChI is InChI=1S/C34H40N8O4SSi/c1-23-16-17-41-30(23)34(43)42(27-10-8-7-9-11-27)32(38-41)24(2)37-31-29-28(25-12-14-26(15-13-25)39-47(3,44)45)20-40(33(29)36-21-35-31)22-46-18-19-48(4,5)6/h7-17,20-21,24,39H,18-19,22H2,1-6H3,(H,35,36,37). The normalized spacial score (nSPS) is 12.9. The second-order valence-corrected chi connectivity index (χ2v) is 20.6. The Bertz CT molecular complexity index is 2260. The van der Waals surface area contributed by atoms with Crippen LogP contribution in [0.15, 0.2) is 84.2 Å². The lowest BCUT2D eigenvalue weighted by atomic mass is 10.1. The van der Waals surface area contributed by atoms with Gasteiger partial charge in [-0.1, -0.05) is 50.0 Å². The predicted octanol–water partition coefficient (Wildman–Crippen LogP) is 6.06. The first kappa shape index (κ1) is 33.1. The molecule has 14 heteroatoms. The Kier molecular flexibility index (Phi) is 8.98. The summed E-state index contributed by atoms with van der Waals surface area (Å²) in [6.45, 7) is 11.7. The van der Waals surface area contributed by atoms with E-state index in [9.17, 15) is 13.2 Å². The molecule has 0 aliphatic heterocycles. The van der Waals surface area contributed by atoms with E-state index in [1.807, 2.05) is 73.1 Å². The molecule has 12 nitrogen and oxygen atoms in total. The zero-order valence-corrected chi connectivity index (χ0v) is 29.7. The number of fused-ring (bicyclic) bond motifs is 2. The predicted molar refractivity (Wildman–Crippen MR) is 193 cm³/mol. The van der Waals surface area contributed by atoms with Gasteiger partial charge in [-0.05, 0) is 61.4 Å². The molecule has 0 radical (unpaired) electrons. The summed E-state index contributed by atoms with van der Waals surface area (Å²) in [4.78, 5) is 23.3. The first-order chi connectivity index (χ1) is 22.8. The molecule has 0 bridgehead atoms. The SMILES string of the molecule is Cc1ccn2nc(C(C)Nc3ncnc4c3c(-c3ccc(NS(C)(=O)=O)cc3)cn4COCC[Si](C)(C)C)n(-c3ccccc3)c(=O)c12.